The van der Waals surface area contributed by atoms with Gasteiger partial charge >= 0.3 is 6.03 Å². The number of amides is 2. The predicted molar refractivity (Wildman–Crippen MR) is 33.5 cm³/mol. The SMILES string of the molecule is O=C1NCC=C(Br)N1. The van der Waals surface area contributed by atoms with Crippen molar-refractivity contribution in [3.63, 3.8) is 0 Å². The minimum absolute atomic E-state index is 0.153. The molecule has 44 valence electrons. The fourth-order valence-electron chi connectivity index (χ4n) is 0.437. The van der Waals surface area contributed by atoms with Crippen LogP contribution in [0, 0.1) is 0 Å². The molecule has 0 spiro atoms. The molecule has 0 radical (unpaired) electrons. The monoisotopic (exact) mass is 176 g/mol. The van der Waals surface area contributed by atoms with E-state index in [1.165, 1.54) is 0 Å². The lowest BCUT2D eigenvalue weighted by atomic mass is 10.5. The fraction of sp³-hybridized carbons (Fsp3) is 0.250. The summed E-state index contributed by atoms with van der Waals surface area (Å²) in [5.74, 6) is 0. The van der Waals surface area contributed by atoms with Crippen molar-refractivity contribution in [2.45, 2.75) is 0 Å². The Balaban J connectivity index is 2.57. The Morgan fingerprint density at radius 2 is 2.50 bits per heavy atom. The van der Waals surface area contributed by atoms with Crippen molar-refractivity contribution < 1.29 is 4.79 Å². The van der Waals surface area contributed by atoms with Crippen molar-refractivity contribution in [1.29, 1.82) is 0 Å². The molecule has 0 atom stereocenters. The molecule has 2 N–H and O–H groups in total. The summed E-state index contributed by atoms with van der Waals surface area (Å²) in [7, 11) is 0. The Labute approximate surface area is 55.3 Å². The molecule has 0 saturated carbocycles. The average molecular weight is 177 g/mol. The summed E-state index contributed by atoms with van der Waals surface area (Å²) >= 11 is 3.12. The highest BCUT2D eigenvalue weighted by Gasteiger charge is 2.03. The summed E-state index contributed by atoms with van der Waals surface area (Å²) in [5, 5.41) is 5.06. The number of nitrogens with one attached hydrogen (secondary N) is 2. The summed E-state index contributed by atoms with van der Waals surface area (Å²) in [6.07, 6.45) is 1.83. The van der Waals surface area contributed by atoms with E-state index in [9.17, 15) is 4.79 Å². The topological polar surface area (TPSA) is 41.1 Å². The van der Waals surface area contributed by atoms with Crippen LogP contribution in [-0.2, 0) is 0 Å². The van der Waals surface area contributed by atoms with Crippen LogP contribution in [0.15, 0.2) is 10.7 Å². The Kier molecular flexibility index (Phi) is 1.53. The minimum atomic E-state index is -0.153. The van der Waals surface area contributed by atoms with Gasteiger partial charge in [0, 0.05) is 6.54 Å². The van der Waals surface area contributed by atoms with Crippen molar-refractivity contribution >= 4 is 22.0 Å². The van der Waals surface area contributed by atoms with Gasteiger partial charge in [0.25, 0.3) is 0 Å². The zero-order valence-electron chi connectivity index (χ0n) is 4.07. The lowest BCUT2D eigenvalue weighted by molar-refractivity contribution is 0.244. The summed E-state index contributed by atoms with van der Waals surface area (Å²) in [4.78, 5) is 10.4. The smallest absolute Gasteiger partial charge is 0.319 e. The molecule has 0 fully saturated rings. The van der Waals surface area contributed by atoms with Gasteiger partial charge in [0.1, 0.15) is 0 Å². The molecule has 1 aliphatic heterocycles. The Bertz CT molecular complexity index is 143. The first-order valence-corrected chi connectivity index (χ1v) is 2.99. The second-order valence-corrected chi connectivity index (χ2v) is 2.24. The highest BCUT2D eigenvalue weighted by Crippen LogP contribution is 2.00. The van der Waals surface area contributed by atoms with Crippen molar-refractivity contribution in [1.82, 2.24) is 10.6 Å². The van der Waals surface area contributed by atoms with Gasteiger partial charge < -0.3 is 10.6 Å². The van der Waals surface area contributed by atoms with Gasteiger partial charge in [-0.25, -0.2) is 4.79 Å². The van der Waals surface area contributed by atoms with E-state index >= 15 is 0 Å². The molecule has 1 aliphatic rings. The van der Waals surface area contributed by atoms with Crippen LogP contribution in [0.4, 0.5) is 4.79 Å². The molecule has 0 bridgehead atoms. The number of urea groups is 1. The molecule has 0 saturated heterocycles. The number of carbonyl (C=O) groups is 1. The van der Waals surface area contributed by atoms with Crippen LogP contribution in [0.2, 0.25) is 0 Å². The van der Waals surface area contributed by atoms with Gasteiger partial charge in [0.05, 0.1) is 4.61 Å². The van der Waals surface area contributed by atoms with E-state index in [0.29, 0.717) is 6.54 Å². The Hall–Kier alpha value is -0.510. The van der Waals surface area contributed by atoms with Gasteiger partial charge in [-0.05, 0) is 22.0 Å². The van der Waals surface area contributed by atoms with E-state index in [-0.39, 0.29) is 6.03 Å². The first-order valence-electron chi connectivity index (χ1n) is 2.19. The molecular weight excluding hydrogens is 172 g/mol. The van der Waals surface area contributed by atoms with Crippen molar-refractivity contribution in [3.05, 3.63) is 10.7 Å². The lowest BCUT2D eigenvalue weighted by Gasteiger charge is -2.09. The van der Waals surface area contributed by atoms with Crippen LogP contribution in [0.5, 0.6) is 0 Å². The van der Waals surface area contributed by atoms with Crippen molar-refractivity contribution in [2.24, 2.45) is 0 Å². The van der Waals surface area contributed by atoms with Crippen LogP contribution < -0.4 is 10.6 Å². The maximum atomic E-state index is 10.4. The second-order valence-electron chi connectivity index (χ2n) is 1.39. The second kappa shape index (κ2) is 2.17. The van der Waals surface area contributed by atoms with E-state index in [2.05, 4.69) is 26.6 Å². The van der Waals surface area contributed by atoms with Crippen molar-refractivity contribution in [3.8, 4) is 0 Å². The molecule has 0 aromatic rings. The number of rotatable bonds is 0. The molecule has 4 heteroatoms. The standard InChI is InChI=1S/C4H5BrN2O/c5-3-1-2-6-4(8)7-3/h1H,2H2,(H2,6,7,8). The first-order chi connectivity index (χ1) is 3.79. The van der Waals surface area contributed by atoms with Crippen molar-refractivity contribution in [2.75, 3.05) is 6.54 Å². The van der Waals surface area contributed by atoms with Gasteiger partial charge in [-0.15, -0.1) is 0 Å². The summed E-state index contributed by atoms with van der Waals surface area (Å²) < 4.78 is 0.737. The number of carbonyl (C=O) groups excluding carboxylic acids is 1. The molecule has 3 nitrogen and oxygen atoms in total. The van der Waals surface area contributed by atoms with Crippen LogP contribution in [0.25, 0.3) is 0 Å². The zero-order chi connectivity index (χ0) is 5.98. The molecule has 8 heavy (non-hydrogen) atoms. The third kappa shape index (κ3) is 1.23. The number of hydrogen-bond acceptors (Lipinski definition) is 1. The molecule has 1 rings (SSSR count). The van der Waals surface area contributed by atoms with E-state index < -0.39 is 0 Å². The Morgan fingerprint density at radius 1 is 1.75 bits per heavy atom. The van der Waals surface area contributed by atoms with Gasteiger partial charge in [-0.2, -0.15) is 0 Å². The van der Waals surface area contributed by atoms with Crippen LogP contribution in [0.3, 0.4) is 0 Å². The quantitative estimate of drug-likeness (QED) is 0.520. The summed E-state index contributed by atoms with van der Waals surface area (Å²) in [5.41, 5.74) is 0. The molecule has 0 aliphatic carbocycles. The number of halogens is 1. The van der Waals surface area contributed by atoms with Gasteiger partial charge in [0.2, 0.25) is 0 Å². The van der Waals surface area contributed by atoms with E-state index in [4.69, 9.17) is 0 Å². The van der Waals surface area contributed by atoms with E-state index in [0.717, 1.165) is 4.61 Å². The molecule has 0 aromatic heterocycles. The van der Waals surface area contributed by atoms with Gasteiger partial charge in [0.15, 0.2) is 0 Å². The first kappa shape index (κ1) is 5.62. The van der Waals surface area contributed by atoms with Crippen LogP contribution >= 0.6 is 15.9 Å². The average Bonchev–Trinajstić information content (AvgIpc) is 1.64. The third-order valence-electron chi connectivity index (χ3n) is 0.777. The molecule has 1 heterocycles. The summed E-state index contributed by atoms with van der Waals surface area (Å²) in [6.45, 7) is 0.604. The third-order valence-corrected chi connectivity index (χ3v) is 1.30. The normalized spacial score (nSPS) is 18.6. The lowest BCUT2D eigenvalue weighted by Crippen LogP contribution is -2.37. The minimum Gasteiger partial charge on any atom is -0.334 e. The predicted octanol–water partition coefficient (Wildman–Crippen LogP) is 0.536. The maximum absolute atomic E-state index is 10.4. The van der Waals surface area contributed by atoms with Crippen LogP contribution in [0.1, 0.15) is 0 Å². The van der Waals surface area contributed by atoms with Crippen LogP contribution in [-0.4, -0.2) is 12.6 Å². The largest absolute Gasteiger partial charge is 0.334 e. The molecule has 0 aromatic carbocycles. The fourth-order valence-corrected chi connectivity index (χ4v) is 0.779. The number of hydrogen-bond donors (Lipinski definition) is 2. The molecular formula is C4H5BrN2O. The highest BCUT2D eigenvalue weighted by molar-refractivity contribution is 9.11. The maximum Gasteiger partial charge on any atom is 0.319 e. The summed E-state index contributed by atoms with van der Waals surface area (Å²) in [6, 6.07) is -0.153. The molecule has 0 unspecified atom stereocenters. The van der Waals surface area contributed by atoms with Gasteiger partial charge in [-0.1, -0.05) is 0 Å². The van der Waals surface area contributed by atoms with Gasteiger partial charge in [-0.3, -0.25) is 0 Å². The van der Waals surface area contributed by atoms with E-state index in [1.54, 1.807) is 0 Å². The zero-order valence-corrected chi connectivity index (χ0v) is 5.66. The Morgan fingerprint density at radius 3 is 2.88 bits per heavy atom. The molecule has 2 amide bonds. The highest BCUT2D eigenvalue weighted by atomic mass is 79.9. The van der Waals surface area contributed by atoms with E-state index in [1.807, 2.05) is 6.08 Å².